The quantitative estimate of drug-likeness (QED) is 0.277. The van der Waals surface area contributed by atoms with Gasteiger partial charge in [0.1, 0.15) is 6.10 Å². The highest BCUT2D eigenvalue weighted by Crippen LogP contribution is 2.15. The fourth-order valence-electron chi connectivity index (χ4n) is 3.81. The van der Waals surface area contributed by atoms with Crippen LogP contribution in [-0.2, 0) is 18.9 Å². The van der Waals surface area contributed by atoms with Gasteiger partial charge in [0.2, 0.25) is 0 Å². The second-order valence-electron chi connectivity index (χ2n) is 8.43. The summed E-state index contributed by atoms with van der Waals surface area (Å²) in [5, 5.41) is 10.2. The van der Waals surface area contributed by atoms with Crippen LogP contribution in [0.1, 0.15) is 103 Å². The van der Waals surface area contributed by atoms with E-state index in [-0.39, 0.29) is 12.2 Å². The molecule has 5 nitrogen and oxygen atoms in total. The molecule has 0 aromatic heterocycles. The Balaban J connectivity index is 1.86. The highest BCUT2D eigenvalue weighted by molar-refractivity contribution is 4.65. The topological polar surface area (TPSA) is 57.2 Å². The Morgan fingerprint density at radius 2 is 1.41 bits per heavy atom. The molecule has 1 rings (SSSR count). The van der Waals surface area contributed by atoms with Gasteiger partial charge >= 0.3 is 0 Å². The van der Waals surface area contributed by atoms with Gasteiger partial charge in [0.05, 0.1) is 32.5 Å². The number of unbranched alkanes of at least 4 members (excludes halogenated alkanes) is 12. The third-order valence-corrected chi connectivity index (χ3v) is 5.77. The third-order valence-electron chi connectivity index (χ3n) is 5.77. The Labute approximate surface area is 179 Å². The maximum Gasteiger partial charge on any atom is 0.186 e. The molecule has 5 heteroatoms. The first kappa shape index (κ1) is 26.8. The van der Waals surface area contributed by atoms with Crippen LogP contribution in [0.3, 0.4) is 0 Å². The minimum atomic E-state index is -0.397. The van der Waals surface area contributed by atoms with Gasteiger partial charge in [-0.15, -0.1) is 0 Å². The third kappa shape index (κ3) is 15.3. The molecule has 3 atom stereocenters. The van der Waals surface area contributed by atoms with E-state index in [0.29, 0.717) is 32.8 Å². The van der Waals surface area contributed by atoms with Gasteiger partial charge in [0, 0.05) is 7.11 Å². The van der Waals surface area contributed by atoms with Gasteiger partial charge in [-0.3, -0.25) is 0 Å². The van der Waals surface area contributed by atoms with E-state index in [1.54, 1.807) is 7.11 Å². The predicted octanol–water partition coefficient (Wildman–Crippen LogP) is 5.62. The van der Waals surface area contributed by atoms with Crippen LogP contribution in [0.2, 0.25) is 0 Å². The van der Waals surface area contributed by atoms with Crippen molar-refractivity contribution < 1.29 is 24.1 Å². The summed E-state index contributed by atoms with van der Waals surface area (Å²) >= 11 is 0. The molecular weight excluding hydrogens is 368 g/mol. The predicted molar refractivity (Wildman–Crippen MR) is 118 cm³/mol. The first-order chi connectivity index (χ1) is 14.3. The SMILES string of the molecule is CCCCCCCCCCCCCCCC(O)CCOC1OCCOCC1OC. The number of ether oxygens (including phenoxy) is 4. The van der Waals surface area contributed by atoms with E-state index in [2.05, 4.69) is 6.92 Å². The number of methoxy groups -OCH3 is 1. The van der Waals surface area contributed by atoms with E-state index in [9.17, 15) is 5.11 Å². The molecule has 0 aromatic carbocycles. The molecule has 1 heterocycles. The second kappa shape index (κ2) is 19.7. The molecule has 0 spiro atoms. The van der Waals surface area contributed by atoms with Crippen LogP contribution in [0.25, 0.3) is 0 Å². The van der Waals surface area contributed by atoms with Crippen LogP contribution >= 0.6 is 0 Å². The number of aliphatic hydroxyl groups excluding tert-OH is 1. The Hall–Kier alpha value is -0.200. The minimum absolute atomic E-state index is 0.198. The van der Waals surface area contributed by atoms with Gasteiger partial charge in [-0.2, -0.15) is 0 Å². The van der Waals surface area contributed by atoms with Gasteiger partial charge in [0.15, 0.2) is 6.29 Å². The molecule has 0 saturated carbocycles. The molecule has 3 unspecified atom stereocenters. The molecule has 1 aliphatic rings. The van der Waals surface area contributed by atoms with Crippen molar-refractivity contribution in [1.29, 1.82) is 0 Å². The maximum absolute atomic E-state index is 10.2. The van der Waals surface area contributed by atoms with Crippen molar-refractivity contribution in [3.8, 4) is 0 Å². The van der Waals surface area contributed by atoms with Crippen molar-refractivity contribution in [2.24, 2.45) is 0 Å². The monoisotopic (exact) mass is 416 g/mol. The summed E-state index contributed by atoms with van der Waals surface area (Å²) in [4.78, 5) is 0. The van der Waals surface area contributed by atoms with E-state index >= 15 is 0 Å². The van der Waals surface area contributed by atoms with Gasteiger partial charge in [0.25, 0.3) is 0 Å². The van der Waals surface area contributed by atoms with Crippen LogP contribution in [-0.4, -0.2) is 57.1 Å². The van der Waals surface area contributed by atoms with Gasteiger partial charge in [-0.25, -0.2) is 0 Å². The van der Waals surface area contributed by atoms with Crippen molar-refractivity contribution >= 4 is 0 Å². The van der Waals surface area contributed by atoms with Crippen LogP contribution in [0.15, 0.2) is 0 Å². The van der Waals surface area contributed by atoms with Gasteiger partial charge in [-0.05, 0) is 12.8 Å². The standard InChI is InChI=1S/C24H48O5/c1-3-4-5-6-7-8-9-10-11-12-13-14-15-16-22(25)17-18-28-24-23(26-2)21-27-19-20-29-24/h22-25H,3-21H2,1-2H3. The lowest BCUT2D eigenvalue weighted by molar-refractivity contribution is -0.195. The number of aliphatic hydroxyl groups is 1. The molecule has 174 valence electrons. The summed E-state index contributed by atoms with van der Waals surface area (Å²) < 4.78 is 22.1. The van der Waals surface area contributed by atoms with E-state index < -0.39 is 6.29 Å². The fourth-order valence-corrected chi connectivity index (χ4v) is 3.81. The summed E-state index contributed by atoms with van der Waals surface area (Å²) in [6, 6.07) is 0. The Kier molecular flexibility index (Phi) is 18.3. The van der Waals surface area contributed by atoms with Crippen LogP contribution in [0.5, 0.6) is 0 Å². The molecule has 1 aliphatic heterocycles. The fraction of sp³-hybridized carbons (Fsp3) is 1.00. The smallest absolute Gasteiger partial charge is 0.186 e. The highest BCUT2D eigenvalue weighted by atomic mass is 16.7. The van der Waals surface area contributed by atoms with Crippen molar-refractivity contribution in [1.82, 2.24) is 0 Å². The normalized spacial score (nSPS) is 21.2. The lowest BCUT2D eigenvalue weighted by Crippen LogP contribution is -2.35. The van der Waals surface area contributed by atoms with E-state index in [0.717, 1.165) is 12.8 Å². The average molecular weight is 417 g/mol. The highest BCUT2D eigenvalue weighted by Gasteiger charge is 2.25. The van der Waals surface area contributed by atoms with Gasteiger partial charge < -0.3 is 24.1 Å². The molecule has 29 heavy (non-hydrogen) atoms. The van der Waals surface area contributed by atoms with E-state index in [4.69, 9.17) is 18.9 Å². The molecule has 1 fully saturated rings. The Bertz CT molecular complexity index is 339. The molecule has 0 aromatic rings. The lowest BCUT2D eigenvalue weighted by Gasteiger charge is -2.23. The first-order valence-corrected chi connectivity index (χ1v) is 12.3. The largest absolute Gasteiger partial charge is 0.393 e. The summed E-state index contributed by atoms with van der Waals surface area (Å²) in [5.74, 6) is 0. The van der Waals surface area contributed by atoms with E-state index in [1.807, 2.05) is 0 Å². The van der Waals surface area contributed by atoms with Gasteiger partial charge in [-0.1, -0.05) is 90.4 Å². The van der Waals surface area contributed by atoms with Crippen molar-refractivity contribution in [2.45, 2.75) is 122 Å². The summed E-state index contributed by atoms with van der Waals surface area (Å²) in [7, 11) is 1.64. The molecule has 1 N–H and O–H groups in total. The summed E-state index contributed by atoms with van der Waals surface area (Å²) in [5.41, 5.74) is 0. The van der Waals surface area contributed by atoms with Crippen molar-refractivity contribution in [3.63, 3.8) is 0 Å². The summed E-state index contributed by atoms with van der Waals surface area (Å²) in [6.07, 6.45) is 18.2. The zero-order valence-electron chi connectivity index (χ0n) is 19.2. The first-order valence-electron chi connectivity index (χ1n) is 12.3. The molecular formula is C24H48O5. The van der Waals surface area contributed by atoms with E-state index in [1.165, 1.54) is 77.0 Å². The molecule has 0 amide bonds. The van der Waals surface area contributed by atoms with Crippen LogP contribution in [0, 0.1) is 0 Å². The molecule has 1 saturated heterocycles. The zero-order valence-corrected chi connectivity index (χ0v) is 19.2. The Morgan fingerprint density at radius 1 is 0.828 bits per heavy atom. The van der Waals surface area contributed by atoms with Crippen molar-refractivity contribution in [2.75, 3.05) is 33.5 Å². The van der Waals surface area contributed by atoms with Crippen LogP contribution < -0.4 is 0 Å². The van der Waals surface area contributed by atoms with Crippen molar-refractivity contribution in [3.05, 3.63) is 0 Å². The molecule has 0 radical (unpaired) electrons. The lowest BCUT2D eigenvalue weighted by atomic mass is 10.0. The summed E-state index contributed by atoms with van der Waals surface area (Å²) in [6.45, 7) is 4.34. The second-order valence-corrected chi connectivity index (χ2v) is 8.43. The molecule has 0 bridgehead atoms. The minimum Gasteiger partial charge on any atom is -0.393 e. The average Bonchev–Trinajstić information content (AvgIpc) is 2.96. The zero-order chi connectivity index (χ0) is 21.0. The molecule has 0 aliphatic carbocycles. The maximum atomic E-state index is 10.2. The number of hydrogen-bond acceptors (Lipinski definition) is 5. The van der Waals surface area contributed by atoms with Crippen LogP contribution in [0.4, 0.5) is 0 Å². The number of hydrogen-bond donors (Lipinski definition) is 1. The number of rotatable bonds is 19. The Morgan fingerprint density at radius 3 is 2.00 bits per heavy atom.